The van der Waals surface area contributed by atoms with E-state index in [4.69, 9.17) is 4.74 Å². The summed E-state index contributed by atoms with van der Waals surface area (Å²) in [6.45, 7) is 2.32. The van der Waals surface area contributed by atoms with Crippen LogP contribution in [0.3, 0.4) is 0 Å². The van der Waals surface area contributed by atoms with E-state index in [1.165, 1.54) is 12.1 Å². The van der Waals surface area contributed by atoms with Crippen LogP contribution in [0.5, 0.6) is 0 Å². The number of carbonyl (C=O) groups is 1. The Hall–Kier alpha value is -1.80. The highest BCUT2D eigenvalue weighted by atomic mass is 19.4. The number of amides is 1. The Morgan fingerprint density at radius 3 is 2.57 bits per heavy atom. The van der Waals surface area contributed by atoms with E-state index in [9.17, 15) is 23.1 Å². The van der Waals surface area contributed by atoms with E-state index in [1.807, 2.05) is 4.90 Å². The maximum absolute atomic E-state index is 13.0. The van der Waals surface area contributed by atoms with E-state index in [0.717, 1.165) is 6.07 Å². The third-order valence-corrected chi connectivity index (χ3v) is 3.76. The molecule has 5 nitrogen and oxygen atoms in total. The summed E-state index contributed by atoms with van der Waals surface area (Å²) in [7, 11) is 0. The molecule has 1 atom stereocenters. The fourth-order valence-corrected chi connectivity index (χ4v) is 2.59. The predicted molar refractivity (Wildman–Crippen MR) is 68.1 cm³/mol. The van der Waals surface area contributed by atoms with E-state index in [2.05, 4.69) is 5.32 Å². The van der Waals surface area contributed by atoms with Gasteiger partial charge in [-0.25, -0.2) is 0 Å². The van der Waals surface area contributed by atoms with Gasteiger partial charge in [0.15, 0.2) is 0 Å². The summed E-state index contributed by atoms with van der Waals surface area (Å²) in [5.41, 5.74) is -3.27. The third-order valence-electron chi connectivity index (χ3n) is 3.76. The number of hydrogen-bond donors (Lipinski definition) is 2. The van der Waals surface area contributed by atoms with E-state index in [1.54, 1.807) is 0 Å². The number of carbonyl (C=O) groups excluding carboxylic acids is 1. The topological polar surface area (TPSA) is 61.8 Å². The quantitative estimate of drug-likeness (QED) is 0.819. The number of anilines is 2. The number of morpholine rings is 1. The van der Waals surface area contributed by atoms with Crippen LogP contribution in [0.15, 0.2) is 18.2 Å². The van der Waals surface area contributed by atoms with Gasteiger partial charge in [-0.2, -0.15) is 13.2 Å². The predicted octanol–water partition coefficient (Wildman–Crippen LogP) is 1.23. The summed E-state index contributed by atoms with van der Waals surface area (Å²) in [6.07, 6.45) is -5.07. The number of aliphatic hydroxyl groups is 1. The van der Waals surface area contributed by atoms with Crippen LogP contribution in [-0.4, -0.2) is 43.5 Å². The molecule has 1 saturated heterocycles. The zero-order chi connectivity index (χ0) is 15.3. The van der Waals surface area contributed by atoms with Gasteiger partial charge >= 0.3 is 6.18 Å². The Labute approximate surface area is 118 Å². The molecular weight excluding hydrogens is 289 g/mol. The molecule has 2 heterocycles. The van der Waals surface area contributed by atoms with Crippen LogP contribution in [0.25, 0.3) is 0 Å². The van der Waals surface area contributed by atoms with Crippen molar-refractivity contribution in [2.45, 2.75) is 11.8 Å². The summed E-state index contributed by atoms with van der Waals surface area (Å²) < 4.78 is 44.2. The Kier molecular flexibility index (Phi) is 3.10. The number of nitrogens with zero attached hydrogens (tertiary/aromatic N) is 1. The van der Waals surface area contributed by atoms with Crippen LogP contribution in [0.1, 0.15) is 5.56 Å². The molecule has 3 rings (SSSR count). The lowest BCUT2D eigenvalue weighted by Crippen LogP contribution is -2.47. The first-order valence-electron chi connectivity index (χ1n) is 6.42. The highest BCUT2D eigenvalue weighted by molar-refractivity contribution is 6.06. The molecule has 1 fully saturated rings. The lowest BCUT2D eigenvalue weighted by Gasteiger charge is -2.29. The van der Waals surface area contributed by atoms with Gasteiger partial charge in [-0.15, -0.1) is 0 Å². The fraction of sp³-hybridized carbons (Fsp3) is 0.462. The summed E-state index contributed by atoms with van der Waals surface area (Å²) in [6, 6.07) is 4.06. The highest BCUT2D eigenvalue weighted by Gasteiger charge is 2.64. The number of nitrogens with one attached hydrogen (secondary N) is 1. The average Bonchev–Trinajstić information content (AvgIpc) is 2.71. The first kappa shape index (κ1) is 14.2. The number of fused-ring (bicyclic) bond motifs is 1. The minimum atomic E-state index is -5.07. The van der Waals surface area contributed by atoms with Gasteiger partial charge in [0, 0.05) is 30.0 Å². The Morgan fingerprint density at radius 1 is 1.29 bits per heavy atom. The lowest BCUT2D eigenvalue weighted by molar-refractivity contribution is -0.252. The molecule has 2 aliphatic heterocycles. The van der Waals surface area contributed by atoms with Crippen LogP contribution in [0, 0.1) is 0 Å². The monoisotopic (exact) mass is 302 g/mol. The van der Waals surface area contributed by atoms with Crippen molar-refractivity contribution in [3.8, 4) is 0 Å². The minimum absolute atomic E-state index is 0.0104. The van der Waals surface area contributed by atoms with Crippen molar-refractivity contribution in [2.24, 2.45) is 0 Å². The maximum atomic E-state index is 13.0. The maximum Gasteiger partial charge on any atom is 0.430 e. The van der Waals surface area contributed by atoms with Crippen LogP contribution in [-0.2, 0) is 15.1 Å². The standard InChI is InChI=1S/C13H13F3N2O3/c14-13(15,16)12(20)9-2-1-8(7-10(9)17-11(12)19)18-3-5-21-6-4-18/h1-2,7,20H,3-6H2,(H,17,19). The molecule has 114 valence electrons. The Bertz CT molecular complexity index is 585. The molecule has 1 aromatic carbocycles. The van der Waals surface area contributed by atoms with Crippen molar-refractivity contribution in [1.82, 2.24) is 0 Å². The average molecular weight is 302 g/mol. The number of benzene rings is 1. The Balaban J connectivity index is 1.99. The van der Waals surface area contributed by atoms with Gasteiger partial charge in [0.2, 0.25) is 0 Å². The molecule has 2 N–H and O–H groups in total. The molecule has 0 aromatic heterocycles. The van der Waals surface area contributed by atoms with E-state index < -0.39 is 23.2 Å². The number of halogens is 3. The zero-order valence-electron chi connectivity index (χ0n) is 10.9. The summed E-state index contributed by atoms with van der Waals surface area (Å²) in [4.78, 5) is 13.5. The van der Waals surface area contributed by atoms with E-state index >= 15 is 0 Å². The van der Waals surface area contributed by atoms with Crippen molar-refractivity contribution >= 4 is 17.3 Å². The van der Waals surface area contributed by atoms with Gasteiger partial charge in [0.25, 0.3) is 11.5 Å². The SMILES string of the molecule is O=C1Nc2cc(N3CCOCC3)ccc2C1(O)C(F)(F)F. The van der Waals surface area contributed by atoms with Crippen LogP contribution in [0.2, 0.25) is 0 Å². The second-order valence-electron chi connectivity index (χ2n) is 4.99. The van der Waals surface area contributed by atoms with Gasteiger partial charge in [-0.3, -0.25) is 4.79 Å². The van der Waals surface area contributed by atoms with Crippen LogP contribution in [0.4, 0.5) is 24.5 Å². The van der Waals surface area contributed by atoms with Gasteiger partial charge in [-0.05, 0) is 12.1 Å². The molecule has 0 radical (unpaired) electrons. The van der Waals surface area contributed by atoms with Gasteiger partial charge in [0.05, 0.1) is 13.2 Å². The Morgan fingerprint density at radius 2 is 1.95 bits per heavy atom. The van der Waals surface area contributed by atoms with Crippen LogP contribution < -0.4 is 10.2 Å². The second-order valence-corrected chi connectivity index (χ2v) is 4.99. The lowest BCUT2D eigenvalue weighted by atomic mass is 9.94. The molecule has 0 saturated carbocycles. The largest absolute Gasteiger partial charge is 0.430 e. The molecule has 2 aliphatic rings. The number of alkyl halides is 3. The minimum Gasteiger partial charge on any atom is -0.378 e. The summed E-state index contributed by atoms with van der Waals surface area (Å²) in [5.74, 6) is -1.47. The van der Waals surface area contributed by atoms with Crippen LogP contribution >= 0.6 is 0 Å². The number of ether oxygens (including phenoxy) is 1. The molecular formula is C13H13F3N2O3. The van der Waals surface area contributed by atoms with E-state index in [0.29, 0.717) is 32.0 Å². The smallest absolute Gasteiger partial charge is 0.378 e. The van der Waals surface area contributed by atoms with Crippen molar-refractivity contribution in [3.05, 3.63) is 23.8 Å². The van der Waals surface area contributed by atoms with Crippen molar-refractivity contribution in [1.29, 1.82) is 0 Å². The molecule has 0 bridgehead atoms. The second kappa shape index (κ2) is 4.60. The van der Waals surface area contributed by atoms with Gasteiger partial charge in [-0.1, -0.05) is 6.07 Å². The highest BCUT2D eigenvalue weighted by Crippen LogP contribution is 2.47. The molecule has 0 aliphatic carbocycles. The number of hydrogen-bond acceptors (Lipinski definition) is 4. The number of rotatable bonds is 1. The zero-order valence-corrected chi connectivity index (χ0v) is 10.9. The summed E-state index contributed by atoms with van der Waals surface area (Å²) in [5, 5.41) is 11.9. The normalized spacial score (nSPS) is 25.7. The molecule has 21 heavy (non-hydrogen) atoms. The van der Waals surface area contributed by atoms with Crippen molar-refractivity contribution in [2.75, 3.05) is 36.5 Å². The van der Waals surface area contributed by atoms with Gasteiger partial charge in [0.1, 0.15) is 0 Å². The van der Waals surface area contributed by atoms with E-state index in [-0.39, 0.29) is 5.69 Å². The first-order chi connectivity index (χ1) is 9.84. The van der Waals surface area contributed by atoms with Crippen molar-refractivity contribution in [3.63, 3.8) is 0 Å². The van der Waals surface area contributed by atoms with Crippen molar-refractivity contribution < 1.29 is 27.8 Å². The molecule has 8 heteroatoms. The third kappa shape index (κ3) is 2.06. The van der Waals surface area contributed by atoms with Gasteiger partial charge < -0.3 is 20.1 Å². The molecule has 1 amide bonds. The molecule has 1 unspecified atom stereocenters. The first-order valence-corrected chi connectivity index (χ1v) is 6.42. The molecule has 0 spiro atoms. The summed E-state index contributed by atoms with van der Waals surface area (Å²) >= 11 is 0. The molecule has 1 aromatic rings. The fourth-order valence-electron chi connectivity index (χ4n) is 2.59.